The van der Waals surface area contributed by atoms with E-state index in [0.29, 0.717) is 0 Å². The molecule has 0 saturated carbocycles. The molecule has 1 N–H and O–H groups in total. The zero-order valence-corrected chi connectivity index (χ0v) is 14.5. The Hall–Kier alpha value is -1.79. The summed E-state index contributed by atoms with van der Waals surface area (Å²) in [5.41, 5.74) is 1.69. The van der Waals surface area contributed by atoms with E-state index in [-0.39, 0.29) is 24.9 Å². The van der Waals surface area contributed by atoms with Gasteiger partial charge in [0.1, 0.15) is 6.61 Å². The lowest BCUT2D eigenvalue weighted by Gasteiger charge is -2.23. The van der Waals surface area contributed by atoms with Crippen molar-refractivity contribution in [3.05, 3.63) is 58.6 Å². The van der Waals surface area contributed by atoms with Gasteiger partial charge in [0.2, 0.25) is 5.91 Å². The van der Waals surface area contributed by atoms with Crippen LogP contribution in [-0.4, -0.2) is 17.1 Å². The summed E-state index contributed by atoms with van der Waals surface area (Å²) in [5, 5.41) is 2.36. The summed E-state index contributed by atoms with van der Waals surface area (Å²) in [6, 6.07) is 15.1. The van der Waals surface area contributed by atoms with Gasteiger partial charge in [0.25, 0.3) is 0 Å². The molecule has 0 radical (unpaired) electrons. The van der Waals surface area contributed by atoms with Crippen molar-refractivity contribution in [2.45, 2.75) is 23.2 Å². The van der Waals surface area contributed by atoms with Gasteiger partial charge < -0.3 is 10.1 Å². The Labute approximate surface area is 146 Å². The molecule has 1 atom stereocenters. The molecule has 0 bridgehead atoms. The normalized spacial score (nSPS) is 16.4. The molecule has 0 saturated heterocycles. The minimum atomic E-state index is -0.461. The number of halogens is 1. The topological polar surface area (TPSA) is 55.4 Å². The summed E-state index contributed by atoms with van der Waals surface area (Å²) in [6.07, 6.45) is 0.0509. The number of carbonyl (C=O) groups excluding carboxylic acids is 2. The predicted octanol–water partition coefficient (Wildman–Crippen LogP) is 4.00. The number of rotatable bonds is 4. The molecule has 2 aromatic rings. The number of thioether (sulfide) groups is 1. The molecule has 1 amide bonds. The average Bonchev–Trinajstić information content (AvgIpc) is 2.55. The van der Waals surface area contributed by atoms with Crippen LogP contribution in [0.5, 0.6) is 0 Å². The molecule has 0 spiro atoms. The molecule has 118 valence electrons. The van der Waals surface area contributed by atoms with Crippen molar-refractivity contribution in [2.75, 3.05) is 5.32 Å². The number of hydrogen-bond donors (Lipinski definition) is 1. The first kappa shape index (κ1) is 16.1. The average molecular weight is 392 g/mol. The van der Waals surface area contributed by atoms with Gasteiger partial charge in [-0.1, -0.05) is 46.3 Å². The highest BCUT2D eigenvalue weighted by atomic mass is 79.9. The number of amides is 1. The number of anilines is 1. The lowest BCUT2D eigenvalue weighted by molar-refractivity contribution is -0.145. The summed E-state index contributed by atoms with van der Waals surface area (Å²) < 4.78 is 6.18. The molecule has 0 unspecified atom stereocenters. The Balaban J connectivity index is 1.58. The minimum absolute atomic E-state index is 0.0509. The molecule has 23 heavy (non-hydrogen) atoms. The van der Waals surface area contributed by atoms with Crippen LogP contribution in [0.2, 0.25) is 0 Å². The number of esters is 1. The third kappa shape index (κ3) is 3.95. The van der Waals surface area contributed by atoms with E-state index in [1.165, 1.54) is 11.8 Å². The van der Waals surface area contributed by atoms with Crippen LogP contribution in [-0.2, 0) is 20.9 Å². The molecule has 0 aliphatic carbocycles. The number of fused-ring (bicyclic) bond motifs is 1. The second-order valence-electron chi connectivity index (χ2n) is 5.05. The number of hydrogen-bond acceptors (Lipinski definition) is 4. The molecule has 0 fully saturated rings. The number of ether oxygens (including phenoxy) is 1. The third-order valence-electron chi connectivity index (χ3n) is 3.41. The summed E-state index contributed by atoms with van der Waals surface area (Å²) >= 11 is 4.81. The van der Waals surface area contributed by atoms with Crippen molar-refractivity contribution in [3.63, 3.8) is 0 Å². The molecule has 1 aliphatic heterocycles. The maximum atomic E-state index is 12.1. The van der Waals surface area contributed by atoms with E-state index in [1.807, 2.05) is 48.5 Å². The highest BCUT2D eigenvalue weighted by Gasteiger charge is 2.29. The zero-order valence-electron chi connectivity index (χ0n) is 12.1. The van der Waals surface area contributed by atoms with Crippen molar-refractivity contribution in [1.82, 2.24) is 0 Å². The Bertz CT molecular complexity index is 750. The molecular formula is C17H14BrNO3S. The highest BCUT2D eigenvalue weighted by molar-refractivity contribution is 9.10. The van der Waals surface area contributed by atoms with Crippen molar-refractivity contribution in [3.8, 4) is 0 Å². The van der Waals surface area contributed by atoms with Crippen molar-refractivity contribution >= 4 is 45.3 Å². The van der Waals surface area contributed by atoms with E-state index in [9.17, 15) is 9.59 Å². The maximum Gasteiger partial charge on any atom is 0.307 e. The Morgan fingerprint density at radius 1 is 1.17 bits per heavy atom. The van der Waals surface area contributed by atoms with Crippen LogP contribution in [0.1, 0.15) is 12.0 Å². The van der Waals surface area contributed by atoms with Gasteiger partial charge in [-0.3, -0.25) is 9.59 Å². The maximum absolute atomic E-state index is 12.1. The van der Waals surface area contributed by atoms with Crippen molar-refractivity contribution in [2.24, 2.45) is 0 Å². The van der Waals surface area contributed by atoms with Gasteiger partial charge in [-0.25, -0.2) is 0 Å². The van der Waals surface area contributed by atoms with E-state index in [4.69, 9.17) is 4.74 Å². The quantitative estimate of drug-likeness (QED) is 0.800. The van der Waals surface area contributed by atoms with Crippen LogP contribution >= 0.6 is 27.7 Å². The fourth-order valence-electron chi connectivity index (χ4n) is 2.21. The zero-order chi connectivity index (χ0) is 16.2. The largest absolute Gasteiger partial charge is 0.461 e. The number of nitrogens with one attached hydrogen (secondary N) is 1. The summed E-state index contributed by atoms with van der Waals surface area (Å²) in [7, 11) is 0. The molecule has 1 aliphatic rings. The van der Waals surface area contributed by atoms with Gasteiger partial charge in [0.15, 0.2) is 0 Å². The predicted molar refractivity (Wildman–Crippen MR) is 93.3 cm³/mol. The van der Waals surface area contributed by atoms with Crippen molar-refractivity contribution in [1.29, 1.82) is 0 Å². The van der Waals surface area contributed by atoms with Gasteiger partial charge in [0, 0.05) is 14.9 Å². The first-order valence-corrected chi connectivity index (χ1v) is 8.76. The van der Waals surface area contributed by atoms with Gasteiger partial charge in [-0.15, -0.1) is 11.8 Å². The summed E-state index contributed by atoms with van der Waals surface area (Å²) in [4.78, 5) is 25.1. The van der Waals surface area contributed by atoms with Gasteiger partial charge in [0.05, 0.1) is 17.4 Å². The lowest BCUT2D eigenvalue weighted by Crippen LogP contribution is -2.31. The van der Waals surface area contributed by atoms with Crippen LogP contribution in [0.25, 0.3) is 0 Å². The number of benzene rings is 2. The lowest BCUT2D eigenvalue weighted by atomic mass is 10.2. The van der Waals surface area contributed by atoms with Gasteiger partial charge >= 0.3 is 5.97 Å². The Kier molecular flexibility index (Phi) is 5.03. The van der Waals surface area contributed by atoms with Gasteiger partial charge in [-0.2, -0.15) is 0 Å². The molecule has 3 rings (SSSR count). The molecule has 0 aromatic heterocycles. The van der Waals surface area contributed by atoms with Crippen LogP contribution < -0.4 is 5.32 Å². The Morgan fingerprint density at radius 2 is 1.91 bits per heavy atom. The van der Waals surface area contributed by atoms with E-state index < -0.39 is 5.25 Å². The standard InChI is InChI=1S/C17H14BrNO3S/c18-12-6-2-1-5-11(12)10-22-16(20)9-15-17(21)19-13-7-3-4-8-14(13)23-15/h1-8,15H,9-10H2,(H,19,21)/t15-/m0/s1. The van der Waals surface area contributed by atoms with Crippen LogP contribution in [0.4, 0.5) is 5.69 Å². The monoisotopic (exact) mass is 391 g/mol. The second-order valence-corrected chi connectivity index (χ2v) is 7.15. The summed E-state index contributed by atoms with van der Waals surface area (Å²) in [5.74, 6) is -0.542. The first-order chi connectivity index (χ1) is 11.1. The van der Waals surface area contributed by atoms with E-state index >= 15 is 0 Å². The SMILES string of the molecule is O=C(C[C@@H]1Sc2ccccc2NC1=O)OCc1ccccc1Br. The smallest absolute Gasteiger partial charge is 0.307 e. The molecule has 4 nitrogen and oxygen atoms in total. The molecular weight excluding hydrogens is 378 g/mol. The van der Waals surface area contributed by atoms with Crippen molar-refractivity contribution < 1.29 is 14.3 Å². The van der Waals surface area contributed by atoms with E-state index in [0.717, 1.165) is 20.6 Å². The summed E-state index contributed by atoms with van der Waals surface area (Å²) in [6.45, 7) is 0.190. The minimum Gasteiger partial charge on any atom is -0.461 e. The van der Waals surface area contributed by atoms with Crippen LogP contribution in [0, 0.1) is 0 Å². The Morgan fingerprint density at radius 3 is 2.74 bits per heavy atom. The van der Waals surface area contributed by atoms with Gasteiger partial charge in [-0.05, 0) is 18.2 Å². The fraction of sp³-hybridized carbons (Fsp3) is 0.176. The third-order valence-corrected chi connectivity index (χ3v) is 5.45. The molecule has 1 heterocycles. The van der Waals surface area contributed by atoms with Crippen LogP contribution in [0.3, 0.4) is 0 Å². The second kappa shape index (κ2) is 7.19. The number of para-hydroxylation sites is 1. The molecule has 2 aromatic carbocycles. The first-order valence-electron chi connectivity index (χ1n) is 7.09. The number of carbonyl (C=O) groups is 2. The van der Waals surface area contributed by atoms with Crippen LogP contribution in [0.15, 0.2) is 57.9 Å². The fourth-order valence-corrected chi connectivity index (χ4v) is 3.71. The molecule has 6 heteroatoms. The van der Waals surface area contributed by atoms with E-state index in [2.05, 4.69) is 21.2 Å². The highest BCUT2D eigenvalue weighted by Crippen LogP contribution is 2.36. The van der Waals surface area contributed by atoms with E-state index in [1.54, 1.807) is 0 Å².